The number of amides is 1. The molecule has 30 heavy (non-hydrogen) atoms. The molecule has 1 atom stereocenters. The first-order chi connectivity index (χ1) is 14.0. The first kappa shape index (κ1) is 21.8. The quantitative estimate of drug-likeness (QED) is 0.534. The van der Waals surface area contributed by atoms with Crippen LogP contribution in [0.15, 0.2) is 30.7 Å². The maximum Gasteiger partial charge on any atom is 0.405 e. The molecule has 3 aromatic heterocycles. The Hall–Kier alpha value is -2.88. The van der Waals surface area contributed by atoms with E-state index in [1.165, 1.54) is 19.3 Å². The molecule has 0 aromatic carbocycles. The number of rotatable bonds is 6. The zero-order chi connectivity index (χ0) is 22.1. The van der Waals surface area contributed by atoms with E-state index in [1.807, 2.05) is 5.32 Å². The Kier molecular flexibility index (Phi) is 5.89. The maximum atomic E-state index is 12.5. The molecule has 160 valence electrons. The first-order valence-electron chi connectivity index (χ1n) is 9.09. The summed E-state index contributed by atoms with van der Waals surface area (Å²) in [4.78, 5) is 28.4. The summed E-state index contributed by atoms with van der Waals surface area (Å²) in [6.45, 7) is 3.58. The monoisotopic (exact) mass is 440 g/mol. The lowest BCUT2D eigenvalue weighted by molar-refractivity contribution is -0.141. The van der Waals surface area contributed by atoms with Gasteiger partial charge in [-0.05, 0) is 25.0 Å². The Balaban J connectivity index is 1.90. The summed E-state index contributed by atoms with van der Waals surface area (Å²) in [6.07, 6.45) is 0.192. The van der Waals surface area contributed by atoms with E-state index in [2.05, 4.69) is 25.3 Å². The molecule has 0 spiro atoms. The van der Waals surface area contributed by atoms with Gasteiger partial charge >= 0.3 is 6.18 Å². The molecule has 0 radical (unpaired) electrons. The van der Waals surface area contributed by atoms with E-state index in [4.69, 9.17) is 11.6 Å². The minimum absolute atomic E-state index is 0.294. The number of anilines is 1. The molecule has 11 heteroatoms. The van der Waals surface area contributed by atoms with Gasteiger partial charge in [-0.15, -0.1) is 0 Å². The highest BCUT2D eigenvalue weighted by Gasteiger charge is 2.39. The third-order valence-corrected chi connectivity index (χ3v) is 5.06. The Labute approximate surface area is 175 Å². The standard InChI is InChI=1S/C19H20ClF3N6O/c1-10(2)18(3,17(30)27-9-19(21,22)23)29-14-4-5-24-16(28-14)13-8-26-15-12(13)6-11(20)7-25-15/h4-8,10H,9H2,1-3H3,(H,25,26)(H,27,30)(H,24,28,29). The maximum absolute atomic E-state index is 12.5. The van der Waals surface area contributed by atoms with Gasteiger partial charge in [-0.1, -0.05) is 25.4 Å². The van der Waals surface area contributed by atoms with E-state index in [0.29, 0.717) is 33.3 Å². The fourth-order valence-electron chi connectivity index (χ4n) is 2.81. The summed E-state index contributed by atoms with van der Waals surface area (Å²) in [5, 5.41) is 6.08. The summed E-state index contributed by atoms with van der Waals surface area (Å²) in [6, 6.07) is 3.27. The van der Waals surface area contributed by atoms with Crippen LogP contribution >= 0.6 is 11.6 Å². The average Bonchev–Trinajstić information content (AvgIpc) is 3.08. The molecule has 1 unspecified atom stereocenters. The molecule has 7 nitrogen and oxygen atoms in total. The average molecular weight is 441 g/mol. The van der Waals surface area contributed by atoms with Gasteiger partial charge in [-0.25, -0.2) is 15.0 Å². The number of aromatic amines is 1. The number of carbonyl (C=O) groups excluding carboxylic acids is 1. The predicted molar refractivity (Wildman–Crippen MR) is 108 cm³/mol. The second-order valence-electron chi connectivity index (χ2n) is 7.30. The van der Waals surface area contributed by atoms with Gasteiger partial charge in [0, 0.05) is 29.5 Å². The Morgan fingerprint density at radius 3 is 2.70 bits per heavy atom. The van der Waals surface area contributed by atoms with Crippen molar-refractivity contribution >= 4 is 34.4 Å². The second-order valence-corrected chi connectivity index (χ2v) is 7.73. The summed E-state index contributed by atoms with van der Waals surface area (Å²) >= 11 is 6.03. The largest absolute Gasteiger partial charge is 0.405 e. The topological polar surface area (TPSA) is 95.6 Å². The van der Waals surface area contributed by atoms with Crippen LogP contribution < -0.4 is 10.6 Å². The van der Waals surface area contributed by atoms with Crippen molar-refractivity contribution in [3.05, 3.63) is 35.7 Å². The van der Waals surface area contributed by atoms with Crippen LogP contribution in [0.2, 0.25) is 5.02 Å². The Bertz CT molecular complexity index is 1070. The van der Waals surface area contributed by atoms with Crippen LogP contribution in [0.25, 0.3) is 22.4 Å². The smallest absolute Gasteiger partial charge is 0.356 e. The van der Waals surface area contributed by atoms with E-state index in [-0.39, 0.29) is 5.92 Å². The Morgan fingerprint density at radius 2 is 2.03 bits per heavy atom. The fourth-order valence-corrected chi connectivity index (χ4v) is 2.97. The highest BCUT2D eigenvalue weighted by atomic mass is 35.5. The number of hydrogen-bond donors (Lipinski definition) is 3. The van der Waals surface area contributed by atoms with Crippen LogP contribution in [0, 0.1) is 5.92 Å². The molecular weight excluding hydrogens is 421 g/mol. The third kappa shape index (κ3) is 4.64. The van der Waals surface area contributed by atoms with Crippen LogP contribution in [0.5, 0.6) is 0 Å². The SMILES string of the molecule is CC(C)C(C)(Nc1ccnc(-c2c[nH]c3ncc(Cl)cc23)n1)C(=O)NCC(F)(F)F. The number of halogens is 4. The van der Waals surface area contributed by atoms with Crippen LogP contribution in [0.4, 0.5) is 19.0 Å². The number of H-pyrrole nitrogens is 1. The van der Waals surface area contributed by atoms with Crippen molar-refractivity contribution in [2.24, 2.45) is 5.92 Å². The predicted octanol–water partition coefficient (Wildman–Crippen LogP) is 4.18. The first-order valence-corrected chi connectivity index (χ1v) is 9.46. The van der Waals surface area contributed by atoms with Crippen molar-refractivity contribution in [3.63, 3.8) is 0 Å². The number of pyridine rings is 1. The van der Waals surface area contributed by atoms with Crippen LogP contribution in [0.1, 0.15) is 20.8 Å². The molecule has 3 N–H and O–H groups in total. The van der Waals surface area contributed by atoms with E-state index in [1.54, 1.807) is 32.2 Å². The van der Waals surface area contributed by atoms with Gasteiger partial charge in [0.1, 0.15) is 23.5 Å². The molecule has 3 rings (SSSR count). The molecule has 0 aliphatic rings. The molecule has 0 fully saturated rings. The molecule has 3 heterocycles. The number of fused-ring (bicyclic) bond motifs is 1. The zero-order valence-electron chi connectivity index (χ0n) is 16.4. The van der Waals surface area contributed by atoms with Crippen molar-refractivity contribution in [1.29, 1.82) is 0 Å². The van der Waals surface area contributed by atoms with Gasteiger partial charge in [-0.3, -0.25) is 4.79 Å². The van der Waals surface area contributed by atoms with E-state index in [0.717, 1.165) is 0 Å². The van der Waals surface area contributed by atoms with Crippen molar-refractivity contribution in [1.82, 2.24) is 25.3 Å². The highest BCUT2D eigenvalue weighted by molar-refractivity contribution is 6.31. The molecule has 0 bridgehead atoms. The number of nitrogens with zero attached hydrogens (tertiary/aromatic N) is 3. The Morgan fingerprint density at radius 1 is 1.30 bits per heavy atom. The summed E-state index contributed by atoms with van der Waals surface area (Å²) < 4.78 is 37.6. The lowest BCUT2D eigenvalue weighted by Gasteiger charge is -2.34. The molecule has 0 aliphatic heterocycles. The molecular formula is C19H20ClF3N6O. The van der Waals surface area contributed by atoms with Gasteiger partial charge in [0.25, 0.3) is 0 Å². The summed E-state index contributed by atoms with van der Waals surface area (Å²) in [5.41, 5.74) is -0.0755. The van der Waals surface area contributed by atoms with Crippen molar-refractivity contribution in [2.75, 3.05) is 11.9 Å². The van der Waals surface area contributed by atoms with E-state index >= 15 is 0 Å². The number of nitrogens with one attached hydrogen (secondary N) is 3. The lowest BCUT2D eigenvalue weighted by Crippen LogP contribution is -2.55. The van der Waals surface area contributed by atoms with Gasteiger partial charge < -0.3 is 15.6 Å². The number of hydrogen-bond acceptors (Lipinski definition) is 5. The van der Waals surface area contributed by atoms with Gasteiger partial charge in [-0.2, -0.15) is 13.2 Å². The molecule has 3 aromatic rings. The molecule has 0 saturated heterocycles. The number of carbonyl (C=O) groups is 1. The molecule has 0 aliphatic carbocycles. The summed E-state index contributed by atoms with van der Waals surface area (Å²) in [5.74, 6) is -0.474. The van der Waals surface area contributed by atoms with Gasteiger partial charge in [0.15, 0.2) is 5.82 Å². The number of aromatic nitrogens is 4. The van der Waals surface area contributed by atoms with Crippen LogP contribution in [-0.2, 0) is 4.79 Å². The van der Waals surface area contributed by atoms with E-state index in [9.17, 15) is 18.0 Å². The molecule has 0 saturated carbocycles. The third-order valence-electron chi connectivity index (χ3n) is 4.86. The van der Waals surface area contributed by atoms with Gasteiger partial charge in [0.2, 0.25) is 5.91 Å². The van der Waals surface area contributed by atoms with Crippen molar-refractivity contribution in [3.8, 4) is 11.4 Å². The lowest BCUT2D eigenvalue weighted by atomic mass is 9.87. The van der Waals surface area contributed by atoms with Crippen LogP contribution in [0.3, 0.4) is 0 Å². The van der Waals surface area contributed by atoms with E-state index < -0.39 is 24.2 Å². The number of alkyl halides is 3. The highest BCUT2D eigenvalue weighted by Crippen LogP contribution is 2.29. The van der Waals surface area contributed by atoms with Crippen molar-refractivity contribution < 1.29 is 18.0 Å². The minimum Gasteiger partial charge on any atom is -0.356 e. The fraction of sp³-hybridized carbons (Fsp3) is 0.368. The van der Waals surface area contributed by atoms with Crippen molar-refractivity contribution in [2.45, 2.75) is 32.5 Å². The molecule has 1 amide bonds. The zero-order valence-corrected chi connectivity index (χ0v) is 17.2. The normalized spacial score (nSPS) is 14.0. The summed E-state index contributed by atoms with van der Waals surface area (Å²) in [7, 11) is 0. The second kappa shape index (κ2) is 8.10. The van der Waals surface area contributed by atoms with Gasteiger partial charge in [0.05, 0.1) is 5.02 Å². The van der Waals surface area contributed by atoms with Crippen LogP contribution in [-0.4, -0.2) is 44.1 Å². The minimum atomic E-state index is -4.50.